The molecular formula is C24H28N2OS. The number of carbonyl (C=O) groups is 1. The van der Waals surface area contributed by atoms with E-state index in [0.717, 1.165) is 50.6 Å². The molecule has 2 aliphatic rings. The van der Waals surface area contributed by atoms with E-state index in [1.54, 1.807) is 11.8 Å². The monoisotopic (exact) mass is 392 g/mol. The van der Waals surface area contributed by atoms with Crippen molar-refractivity contribution in [2.75, 3.05) is 32.7 Å². The molecule has 2 aliphatic heterocycles. The van der Waals surface area contributed by atoms with Crippen LogP contribution in [0.4, 0.5) is 0 Å². The van der Waals surface area contributed by atoms with Gasteiger partial charge in [0.05, 0.1) is 0 Å². The Labute approximate surface area is 172 Å². The van der Waals surface area contributed by atoms with Crippen molar-refractivity contribution in [1.82, 2.24) is 9.80 Å². The van der Waals surface area contributed by atoms with E-state index < -0.39 is 0 Å². The van der Waals surface area contributed by atoms with E-state index in [0.29, 0.717) is 17.5 Å². The summed E-state index contributed by atoms with van der Waals surface area (Å²) in [6.07, 6.45) is 3.75. The van der Waals surface area contributed by atoms with Crippen molar-refractivity contribution >= 4 is 17.5 Å². The van der Waals surface area contributed by atoms with E-state index in [9.17, 15) is 4.79 Å². The predicted octanol–water partition coefficient (Wildman–Crippen LogP) is 4.53. The van der Waals surface area contributed by atoms with Gasteiger partial charge in [-0.2, -0.15) is 0 Å². The molecule has 3 nitrogen and oxygen atoms in total. The van der Waals surface area contributed by atoms with Gasteiger partial charge in [0.15, 0.2) is 5.78 Å². The lowest BCUT2D eigenvalue weighted by Crippen LogP contribution is -2.46. The lowest BCUT2D eigenvalue weighted by atomic mass is 10.1. The number of nitrogens with zero attached hydrogens (tertiary/aromatic N) is 2. The first kappa shape index (κ1) is 19.4. The molecule has 0 N–H and O–H groups in total. The van der Waals surface area contributed by atoms with Crippen LogP contribution in [0.3, 0.4) is 0 Å². The number of carbonyl (C=O) groups excluding carboxylic acids is 1. The Bertz CT molecular complexity index is 798. The molecule has 0 aromatic heterocycles. The highest BCUT2D eigenvalue weighted by Crippen LogP contribution is 2.44. The van der Waals surface area contributed by atoms with Gasteiger partial charge in [-0.05, 0) is 17.5 Å². The first-order valence-corrected chi connectivity index (χ1v) is 11.1. The molecule has 4 heteroatoms. The van der Waals surface area contributed by atoms with Gasteiger partial charge in [-0.3, -0.25) is 9.69 Å². The van der Waals surface area contributed by atoms with Crippen molar-refractivity contribution in [2.24, 2.45) is 0 Å². The zero-order valence-corrected chi connectivity index (χ0v) is 17.1. The molecule has 2 aromatic carbocycles. The summed E-state index contributed by atoms with van der Waals surface area (Å²) in [6, 6.07) is 21.2. The van der Waals surface area contributed by atoms with Crippen LogP contribution in [0.15, 0.2) is 71.6 Å². The van der Waals surface area contributed by atoms with Crippen LogP contribution >= 0.6 is 11.8 Å². The third-order valence-corrected chi connectivity index (χ3v) is 7.00. The zero-order valence-electron chi connectivity index (χ0n) is 16.3. The van der Waals surface area contributed by atoms with E-state index in [1.165, 1.54) is 11.1 Å². The number of benzene rings is 2. The van der Waals surface area contributed by atoms with Crippen LogP contribution < -0.4 is 0 Å². The molecule has 0 saturated carbocycles. The van der Waals surface area contributed by atoms with Crippen LogP contribution in [0.1, 0.15) is 29.2 Å². The van der Waals surface area contributed by atoms with Crippen LogP contribution in [0.5, 0.6) is 0 Å². The molecule has 0 spiro atoms. The van der Waals surface area contributed by atoms with Gasteiger partial charge in [0.25, 0.3) is 0 Å². The second-order valence-corrected chi connectivity index (χ2v) is 8.84. The molecule has 2 aromatic rings. The fourth-order valence-corrected chi connectivity index (χ4v) is 5.13. The lowest BCUT2D eigenvalue weighted by Gasteiger charge is -2.34. The van der Waals surface area contributed by atoms with E-state index in [-0.39, 0.29) is 0 Å². The molecule has 1 saturated heterocycles. The Kier molecular flexibility index (Phi) is 6.63. The van der Waals surface area contributed by atoms with E-state index in [2.05, 4.69) is 70.5 Å². The maximum absolute atomic E-state index is 12.6. The Morgan fingerprint density at radius 1 is 0.893 bits per heavy atom. The summed E-state index contributed by atoms with van der Waals surface area (Å²) in [6.45, 7) is 6.18. The van der Waals surface area contributed by atoms with Crippen molar-refractivity contribution in [3.8, 4) is 0 Å². The smallest absolute Gasteiger partial charge is 0.170 e. The predicted molar refractivity (Wildman–Crippen MR) is 117 cm³/mol. The summed E-state index contributed by atoms with van der Waals surface area (Å²) in [7, 11) is 0. The largest absolute Gasteiger partial charge is 0.300 e. The SMILES string of the molecule is O=C(CCN1CCN(Cc2ccccc2)CC1)C1=CCC(c2ccccc2)S1. The number of allylic oxidation sites excluding steroid dienone is 2. The van der Waals surface area contributed by atoms with Gasteiger partial charge in [0, 0.05) is 55.8 Å². The average Bonchev–Trinajstić information content (AvgIpc) is 3.25. The number of thioether (sulfide) groups is 1. The molecule has 4 rings (SSSR count). The zero-order chi connectivity index (χ0) is 19.2. The van der Waals surface area contributed by atoms with Crippen LogP contribution in [-0.4, -0.2) is 48.3 Å². The minimum absolute atomic E-state index is 0.315. The highest BCUT2D eigenvalue weighted by Gasteiger charge is 2.24. The summed E-state index contributed by atoms with van der Waals surface area (Å²) in [4.78, 5) is 18.6. The minimum Gasteiger partial charge on any atom is -0.300 e. The fourth-order valence-electron chi connectivity index (χ4n) is 3.91. The minimum atomic E-state index is 0.315. The highest BCUT2D eigenvalue weighted by molar-refractivity contribution is 8.04. The van der Waals surface area contributed by atoms with Gasteiger partial charge in [-0.25, -0.2) is 0 Å². The Balaban J connectivity index is 1.18. The van der Waals surface area contributed by atoms with Crippen molar-refractivity contribution < 1.29 is 4.79 Å². The van der Waals surface area contributed by atoms with E-state index in [4.69, 9.17) is 0 Å². The van der Waals surface area contributed by atoms with Crippen LogP contribution in [0.2, 0.25) is 0 Å². The molecule has 0 amide bonds. The van der Waals surface area contributed by atoms with Gasteiger partial charge < -0.3 is 4.90 Å². The van der Waals surface area contributed by atoms with Crippen molar-refractivity contribution in [2.45, 2.75) is 24.6 Å². The molecule has 146 valence electrons. The van der Waals surface area contributed by atoms with E-state index in [1.807, 2.05) is 6.07 Å². The van der Waals surface area contributed by atoms with Gasteiger partial charge in [0.1, 0.15) is 0 Å². The third-order valence-electron chi connectivity index (χ3n) is 5.60. The normalized spacial score (nSPS) is 20.9. The Hall–Kier alpha value is -1.88. The number of rotatable bonds is 7. The quantitative estimate of drug-likeness (QED) is 0.691. The fraction of sp³-hybridized carbons (Fsp3) is 0.375. The third kappa shape index (κ3) is 5.13. The molecule has 1 atom stereocenters. The summed E-state index contributed by atoms with van der Waals surface area (Å²) < 4.78 is 0. The van der Waals surface area contributed by atoms with Crippen LogP contribution in [0, 0.1) is 0 Å². The van der Waals surface area contributed by atoms with Crippen LogP contribution in [0.25, 0.3) is 0 Å². The first-order chi connectivity index (χ1) is 13.8. The molecule has 0 aliphatic carbocycles. The number of Topliss-reactive ketones (excluding diaryl/α,β-unsaturated/α-hetero) is 1. The standard InChI is InChI=1S/C24H28N2OS/c27-22(24-12-11-23(28-24)21-9-5-2-6-10-21)13-14-25-15-17-26(18-16-25)19-20-7-3-1-4-8-20/h1-10,12,23H,11,13-19H2. The number of hydrogen-bond donors (Lipinski definition) is 0. The van der Waals surface area contributed by atoms with Crippen LogP contribution in [-0.2, 0) is 11.3 Å². The molecule has 28 heavy (non-hydrogen) atoms. The topological polar surface area (TPSA) is 23.6 Å². The van der Waals surface area contributed by atoms with Crippen molar-refractivity contribution in [1.29, 1.82) is 0 Å². The second kappa shape index (κ2) is 9.55. The van der Waals surface area contributed by atoms with Gasteiger partial charge in [-0.1, -0.05) is 66.7 Å². The molecule has 0 bridgehead atoms. The number of piperazine rings is 1. The van der Waals surface area contributed by atoms with Crippen molar-refractivity contribution in [3.05, 3.63) is 82.8 Å². The maximum Gasteiger partial charge on any atom is 0.170 e. The average molecular weight is 393 g/mol. The summed E-state index contributed by atoms with van der Waals surface area (Å²) in [5.74, 6) is 0.315. The van der Waals surface area contributed by atoms with E-state index >= 15 is 0 Å². The number of ketones is 1. The van der Waals surface area contributed by atoms with Crippen molar-refractivity contribution in [3.63, 3.8) is 0 Å². The number of hydrogen-bond acceptors (Lipinski definition) is 4. The summed E-state index contributed by atoms with van der Waals surface area (Å²) in [5, 5.41) is 0.404. The first-order valence-electron chi connectivity index (χ1n) is 10.2. The Morgan fingerprint density at radius 3 is 2.25 bits per heavy atom. The Morgan fingerprint density at radius 2 is 1.54 bits per heavy atom. The van der Waals surface area contributed by atoms with Gasteiger partial charge in [0.2, 0.25) is 0 Å². The highest BCUT2D eigenvalue weighted by atomic mass is 32.2. The second-order valence-electron chi connectivity index (χ2n) is 7.60. The lowest BCUT2D eigenvalue weighted by molar-refractivity contribution is -0.115. The van der Waals surface area contributed by atoms with Gasteiger partial charge in [-0.15, -0.1) is 11.8 Å². The maximum atomic E-state index is 12.6. The molecular weight excluding hydrogens is 364 g/mol. The van der Waals surface area contributed by atoms with Gasteiger partial charge >= 0.3 is 0 Å². The molecule has 1 fully saturated rings. The molecule has 1 unspecified atom stereocenters. The molecule has 2 heterocycles. The summed E-state index contributed by atoms with van der Waals surface area (Å²) in [5.41, 5.74) is 2.70. The summed E-state index contributed by atoms with van der Waals surface area (Å²) >= 11 is 1.74. The molecule has 0 radical (unpaired) electrons.